The number of aromatic hydroxyl groups is 1. The van der Waals surface area contributed by atoms with Crippen molar-refractivity contribution in [1.82, 2.24) is 5.32 Å². The zero-order chi connectivity index (χ0) is 15.7. The van der Waals surface area contributed by atoms with E-state index in [0.717, 1.165) is 11.3 Å². The molecule has 1 aromatic rings. The van der Waals surface area contributed by atoms with Crippen LogP contribution >= 0.6 is 21.6 Å². The third kappa shape index (κ3) is 6.90. The van der Waals surface area contributed by atoms with E-state index < -0.39 is 0 Å². The number of aliphatic hydroxyl groups is 2. The first-order valence-electron chi connectivity index (χ1n) is 6.84. The van der Waals surface area contributed by atoms with E-state index in [9.17, 15) is 10.2 Å². The standard InChI is InChI=1S/C14H24N2O3S2/c1-10(13-4-2-3-5-14(13)19)16-12(7-18)9-21-20-8-11(15)6-17/h2-5,10-12,16-19H,6-9,15H2,1H3. The predicted octanol–water partition coefficient (Wildman–Crippen LogP) is 1.10. The molecule has 0 aromatic heterocycles. The van der Waals surface area contributed by atoms with Crippen molar-refractivity contribution >= 4 is 21.6 Å². The number of nitrogens with two attached hydrogens (primary N) is 1. The highest BCUT2D eigenvalue weighted by Crippen LogP contribution is 2.26. The first kappa shape index (κ1) is 18.6. The van der Waals surface area contributed by atoms with Crippen molar-refractivity contribution in [2.75, 3.05) is 24.7 Å². The molecule has 0 amide bonds. The molecule has 1 aromatic carbocycles. The Morgan fingerprint density at radius 1 is 1.14 bits per heavy atom. The maximum absolute atomic E-state index is 9.82. The van der Waals surface area contributed by atoms with E-state index in [1.54, 1.807) is 33.7 Å². The lowest BCUT2D eigenvalue weighted by Gasteiger charge is -2.22. The summed E-state index contributed by atoms with van der Waals surface area (Å²) in [5.74, 6) is 1.65. The summed E-state index contributed by atoms with van der Waals surface area (Å²) in [6.45, 7) is 1.97. The Morgan fingerprint density at radius 2 is 1.81 bits per heavy atom. The normalized spacial score (nSPS) is 15.6. The molecule has 0 heterocycles. The van der Waals surface area contributed by atoms with Crippen LogP contribution in [0, 0.1) is 0 Å². The fraction of sp³-hybridized carbons (Fsp3) is 0.571. The molecule has 3 unspecified atom stereocenters. The second-order valence-corrected chi connectivity index (χ2v) is 7.39. The number of para-hydroxylation sites is 1. The average Bonchev–Trinajstić information content (AvgIpc) is 2.50. The molecule has 0 radical (unpaired) electrons. The van der Waals surface area contributed by atoms with Crippen LogP contribution in [0.25, 0.3) is 0 Å². The molecule has 0 aliphatic rings. The summed E-state index contributed by atoms with van der Waals surface area (Å²) in [5, 5.41) is 31.4. The number of nitrogens with one attached hydrogen (secondary N) is 1. The van der Waals surface area contributed by atoms with Crippen molar-refractivity contribution in [3.05, 3.63) is 29.8 Å². The zero-order valence-corrected chi connectivity index (χ0v) is 13.7. The largest absolute Gasteiger partial charge is 0.508 e. The molecule has 0 spiro atoms. The van der Waals surface area contributed by atoms with Crippen LogP contribution in [0.2, 0.25) is 0 Å². The van der Waals surface area contributed by atoms with Gasteiger partial charge in [-0.25, -0.2) is 0 Å². The topological polar surface area (TPSA) is 98.7 Å². The summed E-state index contributed by atoms with van der Waals surface area (Å²) >= 11 is 0. The molecule has 0 bridgehead atoms. The van der Waals surface area contributed by atoms with E-state index in [1.807, 2.05) is 19.1 Å². The van der Waals surface area contributed by atoms with E-state index >= 15 is 0 Å². The molecule has 0 saturated heterocycles. The Labute approximate surface area is 133 Å². The van der Waals surface area contributed by atoms with Gasteiger partial charge in [-0.3, -0.25) is 0 Å². The van der Waals surface area contributed by atoms with E-state index in [2.05, 4.69) is 5.32 Å². The minimum atomic E-state index is -0.205. The maximum Gasteiger partial charge on any atom is 0.120 e. The van der Waals surface area contributed by atoms with Crippen molar-refractivity contribution in [3.63, 3.8) is 0 Å². The molecule has 21 heavy (non-hydrogen) atoms. The molecule has 1 rings (SSSR count). The van der Waals surface area contributed by atoms with Crippen molar-refractivity contribution < 1.29 is 15.3 Å². The van der Waals surface area contributed by atoms with Crippen LogP contribution in [-0.2, 0) is 0 Å². The van der Waals surface area contributed by atoms with Gasteiger partial charge in [-0.05, 0) is 13.0 Å². The lowest BCUT2D eigenvalue weighted by molar-refractivity contribution is 0.245. The molecule has 3 atom stereocenters. The van der Waals surface area contributed by atoms with Gasteiger partial charge in [0.05, 0.1) is 13.2 Å². The van der Waals surface area contributed by atoms with Crippen molar-refractivity contribution in [3.8, 4) is 5.75 Å². The van der Waals surface area contributed by atoms with Gasteiger partial charge in [0.1, 0.15) is 5.75 Å². The number of rotatable bonds is 10. The molecule has 0 aliphatic heterocycles. The number of benzene rings is 1. The van der Waals surface area contributed by atoms with Gasteiger partial charge in [0, 0.05) is 35.2 Å². The van der Waals surface area contributed by atoms with E-state index in [-0.39, 0.29) is 37.1 Å². The molecule has 0 fully saturated rings. The SMILES string of the molecule is CC(NC(CO)CSSCC(N)CO)c1ccccc1O. The molecule has 5 nitrogen and oxygen atoms in total. The molecular formula is C14H24N2O3S2. The molecular weight excluding hydrogens is 308 g/mol. The second kappa shape index (κ2) is 10.3. The van der Waals surface area contributed by atoms with Gasteiger partial charge in [-0.1, -0.05) is 39.8 Å². The molecule has 7 heteroatoms. The fourth-order valence-electron chi connectivity index (χ4n) is 1.77. The van der Waals surface area contributed by atoms with Crippen molar-refractivity contribution in [2.45, 2.75) is 25.0 Å². The summed E-state index contributed by atoms with van der Waals surface area (Å²) in [6.07, 6.45) is 0. The Bertz CT molecular complexity index is 410. The molecule has 0 saturated carbocycles. The monoisotopic (exact) mass is 332 g/mol. The fourth-order valence-corrected chi connectivity index (χ4v) is 4.20. The Hall–Kier alpha value is -0.440. The van der Waals surface area contributed by atoms with Gasteiger partial charge in [-0.15, -0.1) is 0 Å². The van der Waals surface area contributed by atoms with Crippen molar-refractivity contribution in [1.29, 1.82) is 0 Å². The van der Waals surface area contributed by atoms with Crippen LogP contribution in [0.15, 0.2) is 24.3 Å². The number of hydrogen-bond acceptors (Lipinski definition) is 7. The van der Waals surface area contributed by atoms with Gasteiger partial charge in [0.2, 0.25) is 0 Å². The summed E-state index contributed by atoms with van der Waals surface area (Å²) in [5.41, 5.74) is 6.43. The number of phenols is 1. The van der Waals surface area contributed by atoms with Crippen LogP contribution in [0.3, 0.4) is 0 Å². The third-order valence-electron chi connectivity index (χ3n) is 2.98. The Morgan fingerprint density at radius 3 is 2.43 bits per heavy atom. The lowest BCUT2D eigenvalue weighted by atomic mass is 10.1. The lowest BCUT2D eigenvalue weighted by Crippen LogP contribution is -2.36. The van der Waals surface area contributed by atoms with Gasteiger partial charge in [0.25, 0.3) is 0 Å². The third-order valence-corrected chi connectivity index (χ3v) is 5.56. The number of aliphatic hydroxyl groups excluding tert-OH is 2. The quantitative estimate of drug-likeness (QED) is 0.323. The Balaban J connectivity index is 2.38. The summed E-state index contributed by atoms with van der Waals surface area (Å²) in [7, 11) is 3.20. The molecule has 120 valence electrons. The highest BCUT2D eigenvalue weighted by atomic mass is 33.1. The van der Waals surface area contributed by atoms with E-state index in [1.165, 1.54) is 0 Å². The Kier molecular flexibility index (Phi) is 9.14. The molecule has 0 aliphatic carbocycles. The van der Waals surface area contributed by atoms with Crippen LogP contribution in [0.4, 0.5) is 0 Å². The average molecular weight is 332 g/mol. The van der Waals surface area contributed by atoms with Gasteiger partial charge in [0.15, 0.2) is 0 Å². The van der Waals surface area contributed by atoms with Crippen LogP contribution in [0.1, 0.15) is 18.5 Å². The van der Waals surface area contributed by atoms with E-state index in [0.29, 0.717) is 5.75 Å². The summed E-state index contributed by atoms with van der Waals surface area (Å²) in [4.78, 5) is 0. The van der Waals surface area contributed by atoms with Gasteiger partial charge < -0.3 is 26.4 Å². The summed E-state index contributed by atoms with van der Waals surface area (Å²) in [6, 6.07) is 6.86. The maximum atomic E-state index is 9.82. The highest BCUT2D eigenvalue weighted by Gasteiger charge is 2.15. The minimum Gasteiger partial charge on any atom is -0.508 e. The first-order valence-corrected chi connectivity index (χ1v) is 9.33. The van der Waals surface area contributed by atoms with Crippen molar-refractivity contribution in [2.24, 2.45) is 5.73 Å². The number of phenolic OH excluding ortho intramolecular Hbond substituents is 1. The van der Waals surface area contributed by atoms with Crippen LogP contribution < -0.4 is 11.1 Å². The smallest absolute Gasteiger partial charge is 0.120 e. The van der Waals surface area contributed by atoms with E-state index in [4.69, 9.17) is 10.8 Å². The second-order valence-electron chi connectivity index (χ2n) is 4.84. The van der Waals surface area contributed by atoms with Crippen LogP contribution in [0.5, 0.6) is 5.75 Å². The van der Waals surface area contributed by atoms with Gasteiger partial charge >= 0.3 is 0 Å². The number of hydrogen-bond donors (Lipinski definition) is 5. The van der Waals surface area contributed by atoms with Gasteiger partial charge in [-0.2, -0.15) is 0 Å². The van der Waals surface area contributed by atoms with Crippen LogP contribution in [-0.4, -0.2) is 52.1 Å². The highest BCUT2D eigenvalue weighted by molar-refractivity contribution is 8.76. The predicted molar refractivity (Wildman–Crippen MR) is 90.5 cm³/mol. The first-order chi connectivity index (χ1) is 10.1. The minimum absolute atomic E-state index is 0.0143. The molecule has 6 N–H and O–H groups in total. The summed E-state index contributed by atoms with van der Waals surface area (Å²) < 4.78 is 0. The zero-order valence-electron chi connectivity index (χ0n) is 12.1.